The van der Waals surface area contributed by atoms with Gasteiger partial charge < -0.3 is 5.32 Å². The number of benzene rings is 2. The fraction of sp³-hybridized carbons (Fsp3) is 0.267. The van der Waals surface area contributed by atoms with Crippen LogP contribution in [0.1, 0.15) is 31.9 Å². The molecule has 0 saturated carbocycles. The minimum Gasteiger partial charge on any atom is -0.350 e. The third-order valence-corrected chi connectivity index (χ3v) is 2.99. The molecule has 1 atom stereocenters. The van der Waals surface area contributed by atoms with E-state index in [4.69, 9.17) is 0 Å². The third kappa shape index (κ3) is 2.47. The molecule has 88 valence electrons. The molecule has 2 rings (SSSR count). The predicted molar refractivity (Wildman–Crippen MR) is 70.8 cm³/mol. The highest BCUT2D eigenvalue weighted by Crippen LogP contribution is 2.23. The molecular weight excluding hydrogens is 210 g/mol. The van der Waals surface area contributed by atoms with Gasteiger partial charge in [0.2, 0.25) is 5.91 Å². The SMILES string of the molecule is CCC(=O)NC(C)c1cccc2ccccc12. The second-order valence-electron chi connectivity index (χ2n) is 4.21. The molecule has 2 aromatic carbocycles. The summed E-state index contributed by atoms with van der Waals surface area (Å²) in [5.41, 5.74) is 1.17. The van der Waals surface area contributed by atoms with Gasteiger partial charge in [-0.3, -0.25) is 4.79 Å². The Morgan fingerprint density at radius 1 is 1.18 bits per heavy atom. The lowest BCUT2D eigenvalue weighted by molar-refractivity contribution is -0.121. The van der Waals surface area contributed by atoms with Crippen molar-refractivity contribution in [1.82, 2.24) is 5.32 Å². The summed E-state index contributed by atoms with van der Waals surface area (Å²) >= 11 is 0. The van der Waals surface area contributed by atoms with Crippen molar-refractivity contribution >= 4 is 16.7 Å². The largest absolute Gasteiger partial charge is 0.350 e. The molecular formula is C15H17NO. The topological polar surface area (TPSA) is 29.1 Å². The van der Waals surface area contributed by atoms with Crippen LogP contribution in [0.4, 0.5) is 0 Å². The molecule has 0 aliphatic carbocycles. The van der Waals surface area contributed by atoms with Gasteiger partial charge in [0, 0.05) is 6.42 Å². The normalized spacial score (nSPS) is 12.4. The summed E-state index contributed by atoms with van der Waals surface area (Å²) in [5, 5.41) is 5.42. The molecule has 1 unspecified atom stereocenters. The number of fused-ring (bicyclic) bond motifs is 1. The van der Waals surface area contributed by atoms with Crippen LogP contribution >= 0.6 is 0 Å². The summed E-state index contributed by atoms with van der Waals surface area (Å²) in [6.07, 6.45) is 0.523. The zero-order chi connectivity index (χ0) is 12.3. The Bertz CT molecular complexity index is 528. The van der Waals surface area contributed by atoms with Crippen LogP contribution < -0.4 is 5.32 Å². The highest BCUT2D eigenvalue weighted by molar-refractivity contribution is 5.86. The van der Waals surface area contributed by atoms with E-state index in [1.165, 1.54) is 16.3 Å². The maximum atomic E-state index is 11.4. The van der Waals surface area contributed by atoms with E-state index in [-0.39, 0.29) is 11.9 Å². The Morgan fingerprint density at radius 2 is 1.88 bits per heavy atom. The smallest absolute Gasteiger partial charge is 0.220 e. The molecule has 0 bridgehead atoms. The highest BCUT2D eigenvalue weighted by atomic mass is 16.1. The van der Waals surface area contributed by atoms with Gasteiger partial charge in [-0.15, -0.1) is 0 Å². The van der Waals surface area contributed by atoms with Crippen molar-refractivity contribution in [2.45, 2.75) is 26.3 Å². The number of hydrogen-bond donors (Lipinski definition) is 1. The standard InChI is InChI=1S/C15H17NO/c1-3-15(17)16-11(2)13-10-6-8-12-7-4-5-9-14(12)13/h4-11H,3H2,1-2H3,(H,16,17). The van der Waals surface area contributed by atoms with Crippen LogP contribution in [0, 0.1) is 0 Å². The molecule has 0 aliphatic rings. The van der Waals surface area contributed by atoms with Gasteiger partial charge >= 0.3 is 0 Å². The molecule has 2 aromatic rings. The average molecular weight is 227 g/mol. The molecule has 2 heteroatoms. The zero-order valence-corrected chi connectivity index (χ0v) is 10.2. The van der Waals surface area contributed by atoms with Crippen molar-refractivity contribution < 1.29 is 4.79 Å². The van der Waals surface area contributed by atoms with Crippen LogP contribution in [0.2, 0.25) is 0 Å². The zero-order valence-electron chi connectivity index (χ0n) is 10.2. The monoisotopic (exact) mass is 227 g/mol. The summed E-state index contributed by atoms with van der Waals surface area (Å²) in [6, 6.07) is 14.5. The van der Waals surface area contributed by atoms with Crippen molar-refractivity contribution in [2.75, 3.05) is 0 Å². The van der Waals surface area contributed by atoms with Crippen LogP contribution in [0.3, 0.4) is 0 Å². The van der Waals surface area contributed by atoms with E-state index in [0.29, 0.717) is 6.42 Å². The lowest BCUT2D eigenvalue weighted by Gasteiger charge is -2.16. The van der Waals surface area contributed by atoms with Gasteiger partial charge in [0.15, 0.2) is 0 Å². The van der Waals surface area contributed by atoms with Crippen molar-refractivity contribution in [1.29, 1.82) is 0 Å². The van der Waals surface area contributed by atoms with Crippen LogP contribution in [-0.2, 0) is 4.79 Å². The van der Waals surface area contributed by atoms with E-state index >= 15 is 0 Å². The van der Waals surface area contributed by atoms with Gasteiger partial charge in [0.1, 0.15) is 0 Å². The van der Waals surface area contributed by atoms with Gasteiger partial charge in [-0.2, -0.15) is 0 Å². The summed E-state index contributed by atoms with van der Waals surface area (Å²) in [6.45, 7) is 3.89. The molecule has 0 radical (unpaired) electrons. The van der Waals surface area contributed by atoms with E-state index in [2.05, 4.69) is 29.6 Å². The van der Waals surface area contributed by atoms with Crippen molar-refractivity contribution in [3.63, 3.8) is 0 Å². The van der Waals surface area contributed by atoms with Crippen LogP contribution in [-0.4, -0.2) is 5.91 Å². The maximum Gasteiger partial charge on any atom is 0.220 e. The molecule has 17 heavy (non-hydrogen) atoms. The van der Waals surface area contributed by atoms with Crippen LogP contribution in [0.5, 0.6) is 0 Å². The van der Waals surface area contributed by atoms with Gasteiger partial charge in [0.05, 0.1) is 6.04 Å². The van der Waals surface area contributed by atoms with Crippen molar-refractivity contribution in [2.24, 2.45) is 0 Å². The summed E-state index contributed by atoms with van der Waals surface area (Å²) in [5.74, 6) is 0.0884. The quantitative estimate of drug-likeness (QED) is 0.855. The molecule has 0 spiro atoms. The number of carbonyl (C=O) groups is 1. The first-order valence-corrected chi connectivity index (χ1v) is 5.99. The predicted octanol–water partition coefficient (Wildman–Crippen LogP) is 3.43. The number of nitrogens with one attached hydrogen (secondary N) is 1. The summed E-state index contributed by atoms with van der Waals surface area (Å²) in [4.78, 5) is 11.4. The van der Waals surface area contributed by atoms with E-state index in [9.17, 15) is 4.79 Å². The fourth-order valence-electron chi connectivity index (χ4n) is 2.05. The van der Waals surface area contributed by atoms with Crippen molar-refractivity contribution in [3.05, 3.63) is 48.0 Å². The Morgan fingerprint density at radius 3 is 2.65 bits per heavy atom. The molecule has 0 aliphatic heterocycles. The van der Waals surface area contributed by atoms with Crippen molar-refractivity contribution in [3.8, 4) is 0 Å². The molecule has 1 amide bonds. The summed E-state index contributed by atoms with van der Waals surface area (Å²) < 4.78 is 0. The number of rotatable bonds is 3. The first kappa shape index (κ1) is 11.6. The average Bonchev–Trinajstić information content (AvgIpc) is 2.37. The second-order valence-corrected chi connectivity index (χ2v) is 4.21. The Hall–Kier alpha value is -1.83. The van der Waals surface area contributed by atoms with Gasteiger partial charge in [-0.05, 0) is 23.3 Å². The number of amides is 1. The Labute approximate surface area is 102 Å². The van der Waals surface area contributed by atoms with Crippen LogP contribution in [0.25, 0.3) is 10.8 Å². The minimum atomic E-state index is 0.0496. The van der Waals surface area contributed by atoms with E-state index in [1.807, 2.05) is 32.0 Å². The maximum absolute atomic E-state index is 11.4. The first-order valence-electron chi connectivity index (χ1n) is 5.99. The molecule has 0 fully saturated rings. The molecule has 0 aromatic heterocycles. The first-order chi connectivity index (χ1) is 8.22. The summed E-state index contributed by atoms with van der Waals surface area (Å²) in [7, 11) is 0. The minimum absolute atomic E-state index is 0.0496. The fourth-order valence-corrected chi connectivity index (χ4v) is 2.05. The van der Waals surface area contributed by atoms with E-state index < -0.39 is 0 Å². The van der Waals surface area contributed by atoms with E-state index in [0.717, 1.165) is 0 Å². The molecule has 0 saturated heterocycles. The van der Waals surface area contributed by atoms with Gasteiger partial charge in [-0.25, -0.2) is 0 Å². The lowest BCUT2D eigenvalue weighted by Crippen LogP contribution is -2.25. The Kier molecular flexibility index (Phi) is 3.43. The lowest BCUT2D eigenvalue weighted by atomic mass is 9.99. The van der Waals surface area contributed by atoms with Gasteiger partial charge in [-0.1, -0.05) is 49.4 Å². The third-order valence-electron chi connectivity index (χ3n) is 2.99. The number of hydrogen-bond acceptors (Lipinski definition) is 1. The van der Waals surface area contributed by atoms with E-state index in [1.54, 1.807) is 0 Å². The molecule has 2 nitrogen and oxygen atoms in total. The molecule has 1 N–H and O–H groups in total. The second kappa shape index (κ2) is 5.00. The van der Waals surface area contributed by atoms with Gasteiger partial charge in [0.25, 0.3) is 0 Å². The highest BCUT2D eigenvalue weighted by Gasteiger charge is 2.10. The Balaban J connectivity index is 2.38. The molecule has 0 heterocycles. The number of carbonyl (C=O) groups excluding carboxylic acids is 1. The van der Waals surface area contributed by atoms with Crippen LogP contribution in [0.15, 0.2) is 42.5 Å².